The van der Waals surface area contributed by atoms with Gasteiger partial charge < -0.3 is 19.9 Å². The minimum Gasteiger partial charge on any atom is -0.496 e. The van der Waals surface area contributed by atoms with Crippen LogP contribution in [-0.4, -0.2) is 42.2 Å². The SMILES string of the molecule is COc1cccc(OC)c1-c1ccc2cc(C[C@H](NC(=O)c3c(Cl)cccc3Cl)C(=O)O)ccc2n1. The summed E-state index contributed by atoms with van der Waals surface area (Å²) in [6.07, 6.45) is 0.0567. The summed E-state index contributed by atoms with van der Waals surface area (Å²) in [5.41, 5.74) is 2.87. The van der Waals surface area contributed by atoms with Gasteiger partial charge in [0.2, 0.25) is 0 Å². The van der Waals surface area contributed by atoms with Crippen molar-refractivity contribution in [1.29, 1.82) is 0 Å². The van der Waals surface area contributed by atoms with Gasteiger partial charge in [0.25, 0.3) is 5.91 Å². The lowest BCUT2D eigenvalue weighted by Gasteiger charge is -2.16. The third kappa shape index (κ3) is 5.22. The topological polar surface area (TPSA) is 97.8 Å². The molecule has 4 aromatic rings. The van der Waals surface area contributed by atoms with Crippen LogP contribution in [0.4, 0.5) is 0 Å². The lowest BCUT2D eigenvalue weighted by molar-refractivity contribution is -0.139. The number of carbonyl (C=O) groups excluding carboxylic acids is 1. The van der Waals surface area contributed by atoms with Gasteiger partial charge in [-0.15, -0.1) is 0 Å². The average Bonchev–Trinajstić information content (AvgIpc) is 2.87. The van der Waals surface area contributed by atoms with Gasteiger partial charge in [-0.1, -0.05) is 47.5 Å². The van der Waals surface area contributed by atoms with Crippen molar-refractivity contribution in [3.63, 3.8) is 0 Å². The summed E-state index contributed by atoms with van der Waals surface area (Å²) in [5, 5.41) is 13.3. The van der Waals surface area contributed by atoms with Crippen molar-refractivity contribution >= 4 is 46.0 Å². The van der Waals surface area contributed by atoms with Crippen molar-refractivity contribution in [3.8, 4) is 22.8 Å². The van der Waals surface area contributed by atoms with E-state index in [2.05, 4.69) is 5.32 Å². The summed E-state index contributed by atoms with van der Waals surface area (Å²) in [4.78, 5) is 29.4. The molecule has 9 heteroatoms. The molecule has 0 radical (unpaired) electrons. The molecule has 7 nitrogen and oxygen atoms in total. The van der Waals surface area contributed by atoms with Crippen molar-refractivity contribution in [2.24, 2.45) is 0 Å². The quantitative estimate of drug-likeness (QED) is 0.309. The van der Waals surface area contributed by atoms with E-state index in [1.165, 1.54) is 12.1 Å². The Balaban J connectivity index is 1.60. The zero-order chi connectivity index (χ0) is 25.8. The van der Waals surface area contributed by atoms with E-state index >= 15 is 0 Å². The van der Waals surface area contributed by atoms with Crippen LogP contribution in [0, 0.1) is 0 Å². The number of hydrogen-bond donors (Lipinski definition) is 2. The first-order chi connectivity index (χ1) is 17.3. The molecule has 36 heavy (non-hydrogen) atoms. The molecule has 1 aromatic heterocycles. The molecule has 1 amide bonds. The summed E-state index contributed by atoms with van der Waals surface area (Å²) in [7, 11) is 3.17. The number of pyridine rings is 1. The first-order valence-corrected chi connectivity index (χ1v) is 11.7. The lowest BCUT2D eigenvalue weighted by atomic mass is 10.0. The Morgan fingerprint density at radius 3 is 2.19 bits per heavy atom. The van der Waals surface area contributed by atoms with E-state index in [9.17, 15) is 14.7 Å². The number of carbonyl (C=O) groups is 2. The summed E-state index contributed by atoms with van der Waals surface area (Å²) in [6.45, 7) is 0. The molecule has 0 saturated heterocycles. The number of hydrogen-bond acceptors (Lipinski definition) is 5. The third-order valence-electron chi connectivity index (χ3n) is 5.67. The first kappa shape index (κ1) is 25.3. The summed E-state index contributed by atoms with van der Waals surface area (Å²) in [5.74, 6) is -0.563. The summed E-state index contributed by atoms with van der Waals surface area (Å²) < 4.78 is 11.0. The van der Waals surface area contributed by atoms with Crippen molar-refractivity contribution in [2.45, 2.75) is 12.5 Å². The Morgan fingerprint density at radius 2 is 1.58 bits per heavy atom. The zero-order valence-electron chi connectivity index (χ0n) is 19.4. The number of benzene rings is 3. The normalized spacial score (nSPS) is 11.7. The molecule has 0 saturated carbocycles. The van der Waals surface area contributed by atoms with E-state index in [0.29, 0.717) is 28.3 Å². The van der Waals surface area contributed by atoms with E-state index < -0.39 is 17.9 Å². The van der Waals surface area contributed by atoms with Gasteiger partial charge in [0.1, 0.15) is 17.5 Å². The molecule has 0 aliphatic carbocycles. The van der Waals surface area contributed by atoms with Crippen LogP contribution in [0.3, 0.4) is 0 Å². The van der Waals surface area contributed by atoms with Crippen LogP contribution in [0.2, 0.25) is 10.0 Å². The molecule has 1 atom stereocenters. The van der Waals surface area contributed by atoms with Crippen LogP contribution in [-0.2, 0) is 11.2 Å². The van der Waals surface area contributed by atoms with Gasteiger partial charge in [-0.2, -0.15) is 0 Å². The third-order valence-corrected chi connectivity index (χ3v) is 6.30. The fourth-order valence-electron chi connectivity index (χ4n) is 3.93. The number of methoxy groups -OCH3 is 2. The van der Waals surface area contributed by atoms with E-state index in [0.717, 1.165) is 10.9 Å². The highest BCUT2D eigenvalue weighted by atomic mass is 35.5. The molecule has 184 valence electrons. The number of aromatic nitrogens is 1. The second-order valence-electron chi connectivity index (χ2n) is 7.93. The number of aliphatic carboxylic acids is 1. The number of halogens is 2. The highest BCUT2D eigenvalue weighted by molar-refractivity contribution is 6.39. The average molecular weight is 525 g/mol. The Kier molecular flexibility index (Phi) is 7.62. The Morgan fingerprint density at radius 1 is 0.944 bits per heavy atom. The van der Waals surface area contributed by atoms with Crippen LogP contribution in [0.1, 0.15) is 15.9 Å². The number of nitrogens with one attached hydrogen (secondary N) is 1. The van der Waals surface area contributed by atoms with Crippen LogP contribution in [0.25, 0.3) is 22.2 Å². The van der Waals surface area contributed by atoms with Gasteiger partial charge in [0.15, 0.2) is 0 Å². The molecule has 0 aliphatic rings. The number of amides is 1. The van der Waals surface area contributed by atoms with Crippen molar-refractivity contribution in [1.82, 2.24) is 10.3 Å². The smallest absolute Gasteiger partial charge is 0.326 e. The fraction of sp³-hybridized carbons (Fsp3) is 0.148. The number of rotatable bonds is 8. The number of nitrogens with zero attached hydrogens (tertiary/aromatic N) is 1. The van der Waals surface area contributed by atoms with E-state index in [4.69, 9.17) is 37.7 Å². The molecule has 0 fully saturated rings. The Bertz CT molecular complexity index is 1420. The lowest BCUT2D eigenvalue weighted by Crippen LogP contribution is -2.42. The molecule has 3 aromatic carbocycles. The second-order valence-corrected chi connectivity index (χ2v) is 8.74. The monoisotopic (exact) mass is 524 g/mol. The van der Waals surface area contributed by atoms with Crippen LogP contribution >= 0.6 is 23.2 Å². The van der Waals surface area contributed by atoms with Gasteiger partial charge in [0, 0.05) is 11.8 Å². The van der Waals surface area contributed by atoms with Crippen molar-refractivity contribution < 1.29 is 24.2 Å². The molecule has 1 heterocycles. The predicted octanol–water partition coefficient (Wildman–Crippen LogP) is 5.65. The Labute approximate surface area is 217 Å². The van der Waals surface area contributed by atoms with Crippen molar-refractivity contribution in [2.75, 3.05) is 14.2 Å². The number of carboxylic acids is 1. The van der Waals surface area contributed by atoms with E-state index in [-0.39, 0.29) is 22.0 Å². The maximum absolute atomic E-state index is 12.7. The van der Waals surface area contributed by atoms with Crippen LogP contribution in [0.5, 0.6) is 11.5 Å². The Hall–Kier alpha value is -3.81. The molecule has 2 N–H and O–H groups in total. The maximum atomic E-state index is 12.7. The van der Waals surface area contributed by atoms with Gasteiger partial charge in [-0.3, -0.25) is 4.79 Å². The van der Waals surface area contributed by atoms with E-state index in [1.807, 2.05) is 42.5 Å². The van der Waals surface area contributed by atoms with Crippen LogP contribution in [0.15, 0.2) is 66.7 Å². The molecular weight excluding hydrogens is 503 g/mol. The van der Waals surface area contributed by atoms with Gasteiger partial charge >= 0.3 is 5.97 Å². The highest BCUT2D eigenvalue weighted by Gasteiger charge is 2.24. The largest absolute Gasteiger partial charge is 0.496 e. The summed E-state index contributed by atoms with van der Waals surface area (Å²) >= 11 is 12.2. The first-order valence-electron chi connectivity index (χ1n) is 10.9. The van der Waals surface area contributed by atoms with Gasteiger partial charge in [-0.05, 0) is 48.0 Å². The number of ether oxygens (including phenoxy) is 2. The highest BCUT2D eigenvalue weighted by Crippen LogP contribution is 2.37. The molecule has 0 aliphatic heterocycles. The standard InChI is InChI=1S/C27H22Cl2N2O5/c1-35-22-7-4-8-23(36-2)25(22)20-12-10-16-13-15(9-11-19(16)30-20)14-21(27(33)34)31-26(32)24-17(28)5-3-6-18(24)29/h3-13,21H,14H2,1-2H3,(H,31,32)(H,33,34)/t21-/m0/s1. The minimum absolute atomic E-state index is 0.0362. The van der Waals surface area contributed by atoms with E-state index in [1.54, 1.807) is 26.4 Å². The molecular formula is C27H22Cl2N2O5. The maximum Gasteiger partial charge on any atom is 0.326 e. The minimum atomic E-state index is -1.19. The second kappa shape index (κ2) is 10.8. The molecule has 0 bridgehead atoms. The fourth-order valence-corrected chi connectivity index (χ4v) is 4.49. The number of fused-ring (bicyclic) bond motifs is 1. The molecule has 0 spiro atoms. The predicted molar refractivity (Wildman–Crippen MR) is 139 cm³/mol. The zero-order valence-corrected chi connectivity index (χ0v) is 20.9. The molecule has 0 unspecified atom stereocenters. The molecule has 4 rings (SSSR count). The van der Waals surface area contributed by atoms with Gasteiger partial charge in [-0.25, -0.2) is 9.78 Å². The summed E-state index contributed by atoms with van der Waals surface area (Å²) in [6, 6.07) is 18.1. The van der Waals surface area contributed by atoms with Gasteiger partial charge in [0.05, 0.1) is 46.6 Å². The number of carboxylic acid groups (broad SMARTS) is 1. The van der Waals surface area contributed by atoms with Crippen molar-refractivity contribution in [3.05, 3.63) is 87.9 Å². The van der Waals surface area contributed by atoms with Crippen LogP contribution < -0.4 is 14.8 Å².